The molecule has 1 aliphatic rings. The minimum absolute atomic E-state index is 0.0683. The lowest BCUT2D eigenvalue weighted by Gasteiger charge is -2.32. The number of benzene rings is 2. The Morgan fingerprint density at radius 3 is 2.45 bits per heavy atom. The summed E-state index contributed by atoms with van der Waals surface area (Å²) in [6.07, 6.45) is 2.68. The zero-order chi connectivity index (χ0) is 22.8. The van der Waals surface area contributed by atoms with Crippen molar-refractivity contribution >= 4 is 27.5 Å². The van der Waals surface area contributed by atoms with Crippen molar-refractivity contribution in [2.24, 2.45) is 0 Å². The van der Waals surface area contributed by atoms with Gasteiger partial charge in [0.25, 0.3) is 11.8 Å². The first kappa shape index (κ1) is 23.0. The highest BCUT2D eigenvalue weighted by atomic mass is 32.2. The molecule has 1 aliphatic heterocycles. The fraction of sp³-hybridized carbons (Fsp3) is 0.391. The largest absolute Gasteiger partial charge is 0.345 e. The summed E-state index contributed by atoms with van der Waals surface area (Å²) in [6.45, 7) is 4.15. The fourth-order valence-electron chi connectivity index (χ4n) is 3.78. The fourth-order valence-corrected chi connectivity index (χ4v) is 5.51. The maximum absolute atomic E-state index is 13.2. The van der Waals surface area contributed by atoms with Crippen molar-refractivity contribution < 1.29 is 18.0 Å². The molecule has 0 bridgehead atoms. The van der Waals surface area contributed by atoms with Crippen LogP contribution in [0.5, 0.6) is 0 Å². The number of hydrogen-bond acceptors (Lipinski definition) is 4. The van der Waals surface area contributed by atoms with Gasteiger partial charge in [0.2, 0.25) is 10.0 Å². The van der Waals surface area contributed by atoms with E-state index in [0.29, 0.717) is 23.4 Å². The summed E-state index contributed by atoms with van der Waals surface area (Å²) in [6, 6.07) is 11.3. The van der Waals surface area contributed by atoms with Gasteiger partial charge in [0, 0.05) is 32.2 Å². The van der Waals surface area contributed by atoms with Gasteiger partial charge in [-0.15, -0.1) is 0 Å². The molecule has 1 atom stereocenters. The lowest BCUT2D eigenvalue weighted by Crippen LogP contribution is -2.42. The third-order valence-corrected chi connectivity index (χ3v) is 7.62. The van der Waals surface area contributed by atoms with Crippen molar-refractivity contribution in [1.29, 1.82) is 0 Å². The molecule has 0 radical (unpaired) electrons. The molecule has 1 saturated heterocycles. The van der Waals surface area contributed by atoms with Crippen molar-refractivity contribution in [3.8, 4) is 0 Å². The molecule has 2 amide bonds. The quantitative estimate of drug-likeness (QED) is 0.766. The summed E-state index contributed by atoms with van der Waals surface area (Å²) < 4.78 is 27.9. The van der Waals surface area contributed by atoms with Gasteiger partial charge in [0.15, 0.2) is 0 Å². The van der Waals surface area contributed by atoms with Gasteiger partial charge in [-0.25, -0.2) is 8.42 Å². The summed E-state index contributed by atoms with van der Waals surface area (Å²) in [5, 5.41) is 2.78. The van der Waals surface area contributed by atoms with Crippen LogP contribution in [-0.4, -0.2) is 56.1 Å². The van der Waals surface area contributed by atoms with Crippen LogP contribution in [0.25, 0.3) is 0 Å². The Hall–Kier alpha value is -2.71. The van der Waals surface area contributed by atoms with Crippen LogP contribution in [-0.2, 0) is 10.0 Å². The van der Waals surface area contributed by atoms with Crippen LogP contribution in [0.15, 0.2) is 47.4 Å². The number of nitrogens with zero attached hydrogens (tertiary/aromatic N) is 2. The van der Waals surface area contributed by atoms with Gasteiger partial charge >= 0.3 is 0 Å². The summed E-state index contributed by atoms with van der Waals surface area (Å²) in [5.74, 6) is -0.691. The van der Waals surface area contributed by atoms with Crippen LogP contribution in [0, 0.1) is 6.92 Å². The zero-order valence-electron chi connectivity index (χ0n) is 18.4. The summed E-state index contributed by atoms with van der Waals surface area (Å²) in [7, 11) is -0.417. The molecule has 31 heavy (non-hydrogen) atoms. The van der Waals surface area contributed by atoms with Crippen LogP contribution in [0.1, 0.15) is 52.5 Å². The number of hydrogen-bond donors (Lipinski definition) is 1. The maximum Gasteiger partial charge on any atom is 0.255 e. The van der Waals surface area contributed by atoms with E-state index in [2.05, 4.69) is 5.32 Å². The second kappa shape index (κ2) is 9.20. The highest BCUT2D eigenvalue weighted by Crippen LogP contribution is 2.27. The number of amides is 2. The number of piperidine rings is 1. The summed E-state index contributed by atoms with van der Waals surface area (Å²) in [5.41, 5.74) is 1.66. The Morgan fingerprint density at radius 1 is 1.06 bits per heavy atom. The van der Waals surface area contributed by atoms with E-state index in [-0.39, 0.29) is 22.4 Å². The van der Waals surface area contributed by atoms with E-state index in [1.807, 2.05) is 6.92 Å². The van der Waals surface area contributed by atoms with E-state index in [4.69, 9.17) is 0 Å². The lowest BCUT2D eigenvalue weighted by molar-refractivity contribution is 0.0828. The summed E-state index contributed by atoms with van der Waals surface area (Å²) in [4.78, 5) is 27.0. The molecule has 2 aromatic carbocycles. The topological polar surface area (TPSA) is 86.8 Å². The van der Waals surface area contributed by atoms with Crippen molar-refractivity contribution in [3.05, 3.63) is 59.2 Å². The lowest BCUT2D eigenvalue weighted by atomic mass is 10.1. The Morgan fingerprint density at radius 2 is 1.77 bits per heavy atom. The molecule has 0 aliphatic carbocycles. The molecule has 0 saturated carbocycles. The first-order chi connectivity index (χ1) is 14.6. The van der Waals surface area contributed by atoms with Crippen molar-refractivity contribution in [2.45, 2.75) is 44.0 Å². The number of carbonyl (C=O) groups is 2. The van der Waals surface area contributed by atoms with Crippen molar-refractivity contribution in [2.75, 3.05) is 26.0 Å². The van der Waals surface area contributed by atoms with Gasteiger partial charge in [0.05, 0.1) is 16.1 Å². The van der Waals surface area contributed by atoms with Crippen molar-refractivity contribution in [1.82, 2.24) is 9.21 Å². The Bertz CT molecular complexity index is 1100. The average Bonchev–Trinajstić information content (AvgIpc) is 2.73. The Kier molecular flexibility index (Phi) is 6.81. The normalized spacial score (nSPS) is 17.2. The maximum atomic E-state index is 13.2. The van der Waals surface area contributed by atoms with E-state index in [1.165, 1.54) is 15.3 Å². The van der Waals surface area contributed by atoms with E-state index >= 15 is 0 Å². The Labute approximate surface area is 184 Å². The second-order valence-corrected chi connectivity index (χ2v) is 10.0. The molecule has 0 aromatic heterocycles. The predicted octanol–water partition coefficient (Wildman–Crippen LogP) is 3.51. The first-order valence-corrected chi connectivity index (χ1v) is 11.8. The van der Waals surface area contributed by atoms with Gasteiger partial charge in [-0.05, 0) is 56.5 Å². The van der Waals surface area contributed by atoms with Crippen LogP contribution >= 0.6 is 0 Å². The van der Waals surface area contributed by atoms with E-state index < -0.39 is 15.9 Å². The SMILES string of the molecule is Cc1ccc(S(=O)(=O)N2CCCCC2C)cc1C(=O)Nc1ccccc1C(=O)N(C)C. The summed E-state index contributed by atoms with van der Waals surface area (Å²) >= 11 is 0. The predicted molar refractivity (Wildman–Crippen MR) is 121 cm³/mol. The standard InChI is InChI=1S/C23H29N3O4S/c1-16-12-13-18(31(29,30)26-14-8-7-9-17(26)2)15-20(16)22(27)24-21-11-6-5-10-19(21)23(28)25(3)4/h5-6,10-13,15,17H,7-9,14H2,1-4H3,(H,24,27). The zero-order valence-corrected chi connectivity index (χ0v) is 19.2. The third kappa shape index (κ3) is 4.80. The molecule has 2 aromatic rings. The number of nitrogens with one attached hydrogen (secondary N) is 1. The monoisotopic (exact) mass is 443 g/mol. The van der Waals surface area contributed by atoms with Crippen LogP contribution in [0.3, 0.4) is 0 Å². The van der Waals surface area contributed by atoms with E-state index in [0.717, 1.165) is 19.3 Å². The molecule has 7 nitrogen and oxygen atoms in total. The number of carbonyl (C=O) groups excluding carboxylic acids is 2. The second-order valence-electron chi connectivity index (χ2n) is 8.14. The van der Waals surface area contributed by atoms with Crippen molar-refractivity contribution in [3.63, 3.8) is 0 Å². The molecule has 1 fully saturated rings. The van der Waals surface area contributed by atoms with Gasteiger partial charge in [-0.2, -0.15) is 4.31 Å². The average molecular weight is 444 g/mol. The molecule has 1 N–H and O–H groups in total. The number of aryl methyl sites for hydroxylation is 1. The van der Waals surface area contributed by atoms with Gasteiger partial charge in [0.1, 0.15) is 0 Å². The molecule has 1 heterocycles. The number of rotatable bonds is 5. The third-order valence-electron chi connectivity index (χ3n) is 5.61. The minimum Gasteiger partial charge on any atom is -0.345 e. The van der Waals surface area contributed by atoms with Crippen LogP contribution in [0.4, 0.5) is 5.69 Å². The molecule has 166 valence electrons. The molecular formula is C23H29N3O4S. The van der Waals surface area contributed by atoms with Gasteiger partial charge in [-0.1, -0.05) is 24.6 Å². The highest BCUT2D eigenvalue weighted by molar-refractivity contribution is 7.89. The molecule has 1 unspecified atom stereocenters. The highest BCUT2D eigenvalue weighted by Gasteiger charge is 2.31. The number of anilines is 1. The smallest absolute Gasteiger partial charge is 0.255 e. The van der Waals surface area contributed by atoms with Crippen LogP contribution in [0.2, 0.25) is 0 Å². The number of para-hydroxylation sites is 1. The van der Waals surface area contributed by atoms with E-state index in [1.54, 1.807) is 57.4 Å². The van der Waals surface area contributed by atoms with E-state index in [9.17, 15) is 18.0 Å². The first-order valence-electron chi connectivity index (χ1n) is 10.4. The van der Waals surface area contributed by atoms with Crippen LogP contribution < -0.4 is 5.32 Å². The van der Waals surface area contributed by atoms with Gasteiger partial charge in [-0.3, -0.25) is 9.59 Å². The number of sulfonamides is 1. The molecule has 3 rings (SSSR count). The van der Waals surface area contributed by atoms with Gasteiger partial charge < -0.3 is 10.2 Å². The minimum atomic E-state index is -3.70. The molecule has 0 spiro atoms. The Balaban J connectivity index is 1.93. The molecule has 8 heteroatoms. The molecular weight excluding hydrogens is 414 g/mol.